The van der Waals surface area contributed by atoms with E-state index in [-0.39, 0.29) is 23.4 Å². The van der Waals surface area contributed by atoms with Gasteiger partial charge in [-0.15, -0.1) is 11.3 Å². The van der Waals surface area contributed by atoms with Crippen molar-refractivity contribution in [1.82, 2.24) is 10.2 Å². The van der Waals surface area contributed by atoms with E-state index in [2.05, 4.69) is 34.7 Å². The molecule has 2 atom stereocenters. The van der Waals surface area contributed by atoms with Crippen LogP contribution < -0.4 is 5.32 Å². The molecule has 1 aromatic heterocycles. The van der Waals surface area contributed by atoms with Crippen LogP contribution in [0.2, 0.25) is 0 Å². The van der Waals surface area contributed by atoms with Crippen LogP contribution in [0.15, 0.2) is 17.5 Å². The van der Waals surface area contributed by atoms with Crippen molar-refractivity contribution >= 4 is 17.2 Å². The number of ether oxygens (including phenoxy) is 1. The molecule has 0 aromatic carbocycles. The van der Waals surface area contributed by atoms with Crippen molar-refractivity contribution < 1.29 is 9.53 Å². The lowest BCUT2D eigenvalue weighted by Crippen LogP contribution is -2.50. The maximum absolute atomic E-state index is 12.3. The summed E-state index contributed by atoms with van der Waals surface area (Å²) in [6, 6.07) is 4.53. The number of nitrogens with one attached hydrogen (secondary N) is 1. The van der Waals surface area contributed by atoms with Crippen LogP contribution in [0, 0.1) is 5.41 Å². The highest BCUT2D eigenvalue weighted by atomic mass is 32.1. The van der Waals surface area contributed by atoms with E-state index >= 15 is 0 Å². The smallest absolute Gasteiger partial charge is 0.225 e. The van der Waals surface area contributed by atoms with Gasteiger partial charge >= 0.3 is 0 Å². The molecule has 2 rings (SSSR count). The molecule has 0 saturated carbocycles. The minimum absolute atomic E-state index is 0.0773. The summed E-state index contributed by atoms with van der Waals surface area (Å²) in [6.07, 6.45) is 0. The zero-order chi connectivity index (χ0) is 15.5. The molecule has 1 saturated heterocycles. The summed E-state index contributed by atoms with van der Waals surface area (Å²) in [5.74, 6) is 0.102. The largest absolute Gasteiger partial charge is 0.379 e. The van der Waals surface area contributed by atoms with E-state index in [9.17, 15) is 4.79 Å². The Kier molecular flexibility index (Phi) is 5.41. The molecule has 118 valence electrons. The molecule has 2 heterocycles. The summed E-state index contributed by atoms with van der Waals surface area (Å²) in [6.45, 7) is 11.3. The first kappa shape index (κ1) is 16.5. The predicted octanol–water partition coefficient (Wildman–Crippen LogP) is 2.67. The van der Waals surface area contributed by atoms with Crippen LogP contribution in [-0.4, -0.2) is 43.2 Å². The van der Waals surface area contributed by atoms with Gasteiger partial charge < -0.3 is 10.1 Å². The molecule has 1 aliphatic heterocycles. The zero-order valence-corrected chi connectivity index (χ0v) is 14.2. The molecule has 1 aromatic rings. The monoisotopic (exact) mass is 310 g/mol. The first-order valence-electron chi connectivity index (χ1n) is 7.56. The fraction of sp³-hybridized carbons (Fsp3) is 0.688. The number of carbonyl (C=O) groups excluding carboxylic acids is 1. The van der Waals surface area contributed by atoms with Gasteiger partial charge in [0.15, 0.2) is 0 Å². The number of amides is 1. The van der Waals surface area contributed by atoms with Crippen LogP contribution in [0.5, 0.6) is 0 Å². The van der Waals surface area contributed by atoms with E-state index in [0.29, 0.717) is 0 Å². The Balaban J connectivity index is 2.13. The fourth-order valence-electron chi connectivity index (χ4n) is 2.56. The van der Waals surface area contributed by atoms with E-state index in [4.69, 9.17) is 4.74 Å². The van der Waals surface area contributed by atoms with Crippen LogP contribution in [-0.2, 0) is 9.53 Å². The Bertz CT molecular complexity index is 447. The van der Waals surface area contributed by atoms with Crippen molar-refractivity contribution in [3.05, 3.63) is 22.4 Å². The molecule has 0 spiro atoms. The highest BCUT2D eigenvalue weighted by Gasteiger charge is 2.31. The summed E-state index contributed by atoms with van der Waals surface area (Å²) >= 11 is 1.75. The predicted molar refractivity (Wildman–Crippen MR) is 86.5 cm³/mol. The van der Waals surface area contributed by atoms with Crippen molar-refractivity contribution in [2.24, 2.45) is 5.41 Å². The lowest BCUT2D eigenvalue weighted by molar-refractivity contribution is -0.129. The summed E-state index contributed by atoms with van der Waals surface area (Å²) in [7, 11) is 0. The second-order valence-electron chi connectivity index (χ2n) is 6.62. The molecule has 1 aliphatic rings. The lowest BCUT2D eigenvalue weighted by atomic mass is 9.94. The molecule has 21 heavy (non-hydrogen) atoms. The molecule has 1 fully saturated rings. The second-order valence-corrected chi connectivity index (χ2v) is 7.60. The molecule has 5 heteroatoms. The van der Waals surface area contributed by atoms with Crippen LogP contribution in [0.4, 0.5) is 0 Å². The van der Waals surface area contributed by atoms with Crippen molar-refractivity contribution in [2.45, 2.75) is 39.8 Å². The van der Waals surface area contributed by atoms with Gasteiger partial charge in [0, 0.05) is 29.4 Å². The molecule has 0 bridgehead atoms. The number of hydrogen-bond donors (Lipinski definition) is 1. The van der Waals surface area contributed by atoms with Gasteiger partial charge in [0.2, 0.25) is 5.91 Å². The summed E-state index contributed by atoms with van der Waals surface area (Å²) in [4.78, 5) is 16.0. The fourth-order valence-corrected chi connectivity index (χ4v) is 3.52. The number of morpholine rings is 1. The minimum atomic E-state index is -0.362. The SMILES string of the molecule is C[C@H](NC(=O)C(C)(C)C)[C@@H](c1cccs1)N1CCOCC1. The summed E-state index contributed by atoms with van der Waals surface area (Å²) < 4.78 is 5.46. The molecule has 0 unspecified atom stereocenters. The maximum atomic E-state index is 12.3. The maximum Gasteiger partial charge on any atom is 0.225 e. The van der Waals surface area contributed by atoms with Crippen molar-refractivity contribution in [1.29, 1.82) is 0 Å². The lowest BCUT2D eigenvalue weighted by Gasteiger charge is -2.38. The standard InChI is InChI=1S/C16H26N2O2S/c1-12(17-15(19)16(2,3)4)14(13-6-5-11-21-13)18-7-9-20-10-8-18/h5-6,11-12,14H,7-10H2,1-4H3,(H,17,19)/t12-,14-/m0/s1. The normalized spacial score (nSPS) is 20.0. The van der Waals surface area contributed by atoms with Gasteiger partial charge in [-0.3, -0.25) is 9.69 Å². The highest BCUT2D eigenvalue weighted by molar-refractivity contribution is 7.10. The Morgan fingerprint density at radius 3 is 2.57 bits per heavy atom. The summed E-state index contributed by atoms with van der Waals surface area (Å²) in [5.41, 5.74) is -0.362. The average Bonchev–Trinajstić information content (AvgIpc) is 2.93. The average molecular weight is 310 g/mol. The number of carbonyl (C=O) groups is 1. The molecule has 1 amide bonds. The van der Waals surface area contributed by atoms with Crippen molar-refractivity contribution in [3.8, 4) is 0 Å². The zero-order valence-electron chi connectivity index (χ0n) is 13.4. The van der Waals surface area contributed by atoms with E-state index in [1.54, 1.807) is 11.3 Å². The van der Waals surface area contributed by atoms with Gasteiger partial charge in [-0.25, -0.2) is 0 Å². The highest BCUT2D eigenvalue weighted by Crippen LogP contribution is 2.29. The van der Waals surface area contributed by atoms with Gasteiger partial charge in [-0.1, -0.05) is 26.8 Å². The number of rotatable bonds is 4. The third-order valence-corrected chi connectivity index (χ3v) is 4.73. The molecular weight excluding hydrogens is 284 g/mol. The first-order chi connectivity index (χ1) is 9.89. The van der Waals surface area contributed by atoms with Gasteiger partial charge in [-0.05, 0) is 18.4 Å². The van der Waals surface area contributed by atoms with E-state index < -0.39 is 0 Å². The van der Waals surface area contributed by atoms with Crippen LogP contribution in [0.3, 0.4) is 0 Å². The Morgan fingerprint density at radius 1 is 1.38 bits per heavy atom. The topological polar surface area (TPSA) is 41.6 Å². The minimum Gasteiger partial charge on any atom is -0.379 e. The van der Waals surface area contributed by atoms with E-state index in [1.807, 2.05) is 20.8 Å². The molecule has 0 radical (unpaired) electrons. The van der Waals surface area contributed by atoms with Gasteiger partial charge in [-0.2, -0.15) is 0 Å². The molecule has 0 aliphatic carbocycles. The molecular formula is C16H26N2O2S. The number of hydrogen-bond acceptors (Lipinski definition) is 4. The Labute approximate surface area is 131 Å². The Hall–Kier alpha value is -0.910. The van der Waals surface area contributed by atoms with Crippen LogP contribution in [0.25, 0.3) is 0 Å². The van der Waals surface area contributed by atoms with Gasteiger partial charge in [0.05, 0.1) is 19.3 Å². The number of nitrogens with zero attached hydrogens (tertiary/aromatic N) is 1. The Morgan fingerprint density at radius 2 is 2.05 bits per heavy atom. The third kappa shape index (κ3) is 4.28. The quantitative estimate of drug-likeness (QED) is 0.929. The van der Waals surface area contributed by atoms with Crippen molar-refractivity contribution in [3.63, 3.8) is 0 Å². The number of thiophene rings is 1. The first-order valence-corrected chi connectivity index (χ1v) is 8.43. The van der Waals surface area contributed by atoms with Crippen LogP contribution in [0.1, 0.15) is 38.6 Å². The third-order valence-electron chi connectivity index (χ3n) is 3.79. The van der Waals surface area contributed by atoms with Gasteiger partial charge in [0.25, 0.3) is 0 Å². The second kappa shape index (κ2) is 6.90. The van der Waals surface area contributed by atoms with Gasteiger partial charge in [0.1, 0.15) is 0 Å². The van der Waals surface area contributed by atoms with Crippen LogP contribution >= 0.6 is 11.3 Å². The summed E-state index contributed by atoms with van der Waals surface area (Å²) in [5, 5.41) is 5.29. The van der Waals surface area contributed by atoms with Crippen molar-refractivity contribution in [2.75, 3.05) is 26.3 Å². The molecule has 1 N–H and O–H groups in total. The van der Waals surface area contributed by atoms with E-state index in [0.717, 1.165) is 26.3 Å². The molecule has 4 nitrogen and oxygen atoms in total. The van der Waals surface area contributed by atoms with E-state index in [1.165, 1.54) is 4.88 Å².